The lowest BCUT2D eigenvalue weighted by molar-refractivity contribution is -0.0231. The van der Waals surface area contributed by atoms with Gasteiger partial charge in [0, 0.05) is 35.2 Å². The highest BCUT2D eigenvalue weighted by Crippen LogP contribution is 2.34. The third-order valence-electron chi connectivity index (χ3n) is 2.97. The highest BCUT2D eigenvalue weighted by atomic mass is 16.5. The second kappa shape index (κ2) is 5.18. The van der Waals surface area contributed by atoms with Crippen molar-refractivity contribution in [3.8, 4) is 0 Å². The fourth-order valence-corrected chi connectivity index (χ4v) is 1.93. The predicted octanol–water partition coefficient (Wildman–Crippen LogP) is 0.658. The Bertz CT molecular complexity index is 636. The quantitative estimate of drug-likeness (QED) is 0.868. The third-order valence-corrected chi connectivity index (χ3v) is 2.97. The van der Waals surface area contributed by atoms with E-state index in [2.05, 4.69) is 15.3 Å². The van der Waals surface area contributed by atoms with E-state index in [0.29, 0.717) is 23.1 Å². The van der Waals surface area contributed by atoms with Crippen LogP contribution in [0.2, 0.25) is 0 Å². The smallest absolute Gasteiger partial charge is 0.227 e. The van der Waals surface area contributed by atoms with Crippen LogP contribution >= 0.6 is 0 Å². The Morgan fingerprint density at radius 1 is 1.32 bits per heavy atom. The van der Waals surface area contributed by atoms with E-state index in [-0.39, 0.29) is 0 Å². The van der Waals surface area contributed by atoms with Crippen LogP contribution in [-0.2, 0) is 9.47 Å². The molecule has 2 heterocycles. The molecule has 2 unspecified atom stereocenters. The summed E-state index contributed by atoms with van der Waals surface area (Å²) in [6.45, 7) is 1.73. The molecule has 0 amide bonds. The van der Waals surface area contributed by atoms with Gasteiger partial charge in [0.2, 0.25) is 5.95 Å². The second-order valence-electron chi connectivity index (χ2n) is 4.50. The number of anilines is 3. The minimum Gasteiger partial charge on any atom is -0.357 e. The van der Waals surface area contributed by atoms with Gasteiger partial charge in [0.05, 0.1) is 13.9 Å². The van der Waals surface area contributed by atoms with E-state index < -0.39 is 26.5 Å². The molecule has 106 valence electrons. The Morgan fingerprint density at radius 3 is 2.68 bits per heavy atom. The SMILES string of the molecule is [2H]C([2H])([2H])OC1Nc2c(C)nc(N(C)C)nc2N(C)C1OC([2H])([2H])[2H]. The fraction of sp³-hybridized carbons (Fsp3) is 0.667. The van der Waals surface area contributed by atoms with Crippen molar-refractivity contribution in [2.45, 2.75) is 19.4 Å². The molecule has 1 aromatic heterocycles. The number of methoxy groups -OCH3 is 2. The third kappa shape index (κ3) is 2.31. The van der Waals surface area contributed by atoms with E-state index in [1.165, 1.54) is 4.90 Å². The van der Waals surface area contributed by atoms with Crippen LogP contribution < -0.4 is 15.1 Å². The summed E-state index contributed by atoms with van der Waals surface area (Å²) in [5.41, 5.74) is 1.01. The summed E-state index contributed by atoms with van der Waals surface area (Å²) in [4.78, 5) is 11.8. The summed E-state index contributed by atoms with van der Waals surface area (Å²) in [6.07, 6.45) is -2.48. The molecule has 7 heteroatoms. The van der Waals surface area contributed by atoms with Gasteiger partial charge in [-0.3, -0.25) is 0 Å². The maximum Gasteiger partial charge on any atom is 0.227 e. The van der Waals surface area contributed by atoms with E-state index in [0.717, 1.165) is 0 Å². The average molecular weight is 273 g/mol. The van der Waals surface area contributed by atoms with Gasteiger partial charge in [-0.15, -0.1) is 0 Å². The summed E-state index contributed by atoms with van der Waals surface area (Å²) in [6, 6.07) is 0. The van der Waals surface area contributed by atoms with Gasteiger partial charge < -0.3 is 24.6 Å². The fourth-order valence-electron chi connectivity index (χ4n) is 1.93. The number of hydrogen-bond acceptors (Lipinski definition) is 7. The van der Waals surface area contributed by atoms with Crippen LogP contribution in [0.3, 0.4) is 0 Å². The average Bonchev–Trinajstić information content (AvgIpc) is 2.41. The van der Waals surface area contributed by atoms with Gasteiger partial charge in [-0.25, -0.2) is 4.98 Å². The zero-order valence-corrected chi connectivity index (χ0v) is 11.3. The first-order valence-electron chi connectivity index (χ1n) is 8.69. The van der Waals surface area contributed by atoms with Crippen molar-refractivity contribution in [3.63, 3.8) is 0 Å². The number of likely N-dealkylation sites (N-methyl/N-ethyl adjacent to an activating group) is 1. The monoisotopic (exact) mass is 273 g/mol. The van der Waals surface area contributed by atoms with Crippen LogP contribution in [0.1, 0.15) is 13.9 Å². The van der Waals surface area contributed by atoms with Gasteiger partial charge in [0.1, 0.15) is 5.69 Å². The summed E-state index contributed by atoms with van der Waals surface area (Å²) in [7, 11) is -0.397. The van der Waals surface area contributed by atoms with Crippen molar-refractivity contribution >= 4 is 17.5 Å². The number of aryl methyl sites for hydroxylation is 1. The summed E-state index contributed by atoms with van der Waals surface area (Å²) in [5.74, 6) is 0.809. The number of rotatable bonds is 3. The molecule has 0 aromatic carbocycles. The molecular weight excluding hydrogens is 246 g/mol. The second-order valence-corrected chi connectivity index (χ2v) is 4.50. The van der Waals surface area contributed by atoms with Crippen LogP contribution in [-0.4, -0.2) is 57.6 Å². The van der Waals surface area contributed by atoms with Crippen molar-refractivity contribution in [3.05, 3.63) is 5.69 Å². The maximum absolute atomic E-state index is 7.34. The Labute approximate surface area is 122 Å². The molecule has 1 N–H and O–H groups in total. The highest BCUT2D eigenvalue weighted by Gasteiger charge is 2.34. The van der Waals surface area contributed by atoms with Gasteiger partial charge in [-0.2, -0.15) is 4.98 Å². The van der Waals surface area contributed by atoms with Crippen LogP contribution in [0.4, 0.5) is 17.5 Å². The zero-order chi connectivity index (χ0) is 19.2. The molecule has 7 nitrogen and oxygen atoms in total. The molecule has 2 atom stereocenters. The van der Waals surface area contributed by atoms with Crippen molar-refractivity contribution < 1.29 is 17.7 Å². The van der Waals surface area contributed by atoms with Crippen LogP contribution in [0.5, 0.6) is 0 Å². The van der Waals surface area contributed by atoms with Gasteiger partial charge in [0.25, 0.3) is 0 Å². The first kappa shape index (κ1) is 7.86. The number of aromatic nitrogens is 2. The van der Waals surface area contributed by atoms with Crippen LogP contribution in [0.25, 0.3) is 0 Å². The van der Waals surface area contributed by atoms with Crippen molar-refractivity contribution in [2.24, 2.45) is 0 Å². The molecule has 0 aliphatic carbocycles. The molecular formula is C12H21N5O2. The van der Waals surface area contributed by atoms with Crippen molar-refractivity contribution in [1.82, 2.24) is 9.97 Å². The topological polar surface area (TPSA) is 62.8 Å². The molecule has 0 radical (unpaired) electrons. The molecule has 1 aromatic rings. The molecule has 0 fully saturated rings. The highest BCUT2D eigenvalue weighted by molar-refractivity contribution is 5.72. The Hall–Kier alpha value is -1.60. The minimum atomic E-state index is -2.75. The largest absolute Gasteiger partial charge is 0.357 e. The molecule has 0 spiro atoms. The number of hydrogen-bond donors (Lipinski definition) is 1. The molecule has 0 bridgehead atoms. The first-order valence-corrected chi connectivity index (χ1v) is 5.69. The lowest BCUT2D eigenvalue weighted by atomic mass is 10.2. The lowest BCUT2D eigenvalue weighted by Crippen LogP contribution is -2.51. The molecule has 19 heavy (non-hydrogen) atoms. The Kier molecular flexibility index (Phi) is 2.14. The van der Waals surface area contributed by atoms with E-state index >= 15 is 0 Å². The molecule has 2 rings (SSSR count). The standard InChI is InChI=1S/C12H21N5O2/c1-7-8-9(15-12(13-7)16(2)3)17(4)11(19-6)10(14-8)18-5/h10-11,14H,1-6H3/i5D3,6D3. The number of ether oxygens (including phenoxy) is 2. The van der Waals surface area contributed by atoms with E-state index in [1.54, 1.807) is 33.0 Å². The van der Waals surface area contributed by atoms with Gasteiger partial charge in [-0.05, 0) is 6.92 Å². The molecule has 1 aliphatic heterocycles. The molecule has 0 saturated carbocycles. The summed E-state index contributed by atoms with van der Waals surface area (Å²) >= 11 is 0. The number of nitrogens with zero attached hydrogens (tertiary/aromatic N) is 4. The van der Waals surface area contributed by atoms with Gasteiger partial charge >= 0.3 is 0 Å². The van der Waals surface area contributed by atoms with Crippen molar-refractivity contribution in [2.75, 3.05) is 50.3 Å². The van der Waals surface area contributed by atoms with Crippen LogP contribution in [0.15, 0.2) is 0 Å². The molecule has 1 aliphatic rings. The lowest BCUT2D eigenvalue weighted by Gasteiger charge is -2.40. The maximum atomic E-state index is 7.34. The Balaban J connectivity index is 2.48. The van der Waals surface area contributed by atoms with Crippen molar-refractivity contribution in [1.29, 1.82) is 0 Å². The van der Waals surface area contributed by atoms with E-state index in [1.807, 2.05) is 0 Å². The predicted molar refractivity (Wildman–Crippen MR) is 74.7 cm³/mol. The number of nitrogens with one attached hydrogen (secondary N) is 1. The zero-order valence-electron chi connectivity index (χ0n) is 17.3. The number of fused-ring (bicyclic) bond motifs is 1. The first-order chi connectivity index (χ1) is 11.3. The van der Waals surface area contributed by atoms with E-state index in [4.69, 9.17) is 17.7 Å². The Morgan fingerprint density at radius 2 is 2.05 bits per heavy atom. The molecule has 0 saturated heterocycles. The normalized spacial score (nSPS) is 27.9. The minimum absolute atomic E-state index is 0.385. The van der Waals surface area contributed by atoms with Gasteiger partial charge in [0.15, 0.2) is 18.3 Å². The summed E-state index contributed by atoms with van der Waals surface area (Å²) in [5, 5.41) is 2.85. The van der Waals surface area contributed by atoms with Gasteiger partial charge in [-0.1, -0.05) is 0 Å². The summed E-state index contributed by atoms with van der Waals surface area (Å²) < 4.78 is 54.0. The van der Waals surface area contributed by atoms with E-state index in [9.17, 15) is 0 Å². The van der Waals surface area contributed by atoms with Crippen LogP contribution in [0, 0.1) is 6.92 Å².